The van der Waals surface area contributed by atoms with Crippen LogP contribution in [0.4, 0.5) is 5.82 Å². The first-order chi connectivity index (χ1) is 11.7. The Balaban J connectivity index is 1.67. The zero-order chi connectivity index (χ0) is 16.8. The summed E-state index contributed by atoms with van der Waals surface area (Å²) in [6.07, 6.45) is 5.63. The molecule has 1 unspecified atom stereocenters. The summed E-state index contributed by atoms with van der Waals surface area (Å²) in [7, 11) is 0. The van der Waals surface area contributed by atoms with Gasteiger partial charge in [-0.25, -0.2) is 9.97 Å². The van der Waals surface area contributed by atoms with E-state index in [0.29, 0.717) is 6.04 Å². The zero-order valence-corrected chi connectivity index (χ0v) is 14.1. The summed E-state index contributed by atoms with van der Waals surface area (Å²) < 4.78 is 0. The quantitative estimate of drug-likeness (QED) is 0.737. The van der Waals surface area contributed by atoms with Crippen LogP contribution in [0.1, 0.15) is 24.6 Å². The van der Waals surface area contributed by atoms with Gasteiger partial charge in [-0.3, -0.25) is 4.98 Å². The van der Waals surface area contributed by atoms with Crippen LogP contribution in [-0.2, 0) is 6.42 Å². The third kappa shape index (κ3) is 4.38. The highest BCUT2D eigenvalue weighted by atomic mass is 15.0. The van der Waals surface area contributed by atoms with Crippen LogP contribution in [0.3, 0.4) is 0 Å². The Morgan fingerprint density at radius 3 is 2.50 bits per heavy atom. The van der Waals surface area contributed by atoms with Crippen LogP contribution in [0.5, 0.6) is 0 Å². The minimum atomic E-state index is 0.338. The monoisotopic (exact) mass is 318 g/mol. The molecule has 4 nitrogen and oxygen atoms in total. The molecule has 3 rings (SSSR count). The van der Waals surface area contributed by atoms with Crippen molar-refractivity contribution in [2.75, 3.05) is 5.32 Å². The molecule has 0 spiro atoms. The van der Waals surface area contributed by atoms with Crippen molar-refractivity contribution in [3.63, 3.8) is 0 Å². The molecule has 0 bridgehead atoms. The topological polar surface area (TPSA) is 50.7 Å². The molecule has 2 heterocycles. The third-order valence-corrected chi connectivity index (χ3v) is 3.90. The second-order valence-corrected chi connectivity index (χ2v) is 6.02. The summed E-state index contributed by atoms with van der Waals surface area (Å²) in [4.78, 5) is 13.2. The molecule has 1 atom stereocenters. The Hall–Kier alpha value is -2.75. The maximum absolute atomic E-state index is 4.65. The molecule has 0 saturated carbocycles. The van der Waals surface area contributed by atoms with E-state index in [4.69, 9.17) is 0 Å². The van der Waals surface area contributed by atoms with Crippen LogP contribution >= 0.6 is 0 Å². The van der Waals surface area contributed by atoms with E-state index in [0.717, 1.165) is 35.7 Å². The number of nitrogens with one attached hydrogen (secondary N) is 1. The van der Waals surface area contributed by atoms with E-state index in [1.54, 1.807) is 12.4 Å². The van der Waals surface area contributed by atoms with Crippen molar-refractivity contribution in [3.05, 3.63) is 72.2 Å². The van der Waals surface area contributed by atoms with Crippen LogP contribution in [0.15, 0.2) is 60.9 Å². The number of aryl methyl sites for hydroxylation is 2. The number of nitrogens with zero attached hydrogens (tertiary/aromatic N) is 3. The van der Waals surface area contributed by atoms with Gasteiger partial charge in [0.2, 0.25) is 0 Å². The third-order valence-electron chi connectivity index (χ3n) is 3.90. The molecule has 0 aliphatic rings. The summed E-state index contributed by atoms with van der Waals surface area (Å²) in [5, 5.41) is 3.50. The van der Waals surface area contributed by atoms with Gasteiger partial charge in [-0.1, -0.05) is 30.3 Å². The standard InChI is InChI=1S/C20H22N4/c1-15(8-9-17-6-4-3-5-7-17)22-19-14-16(2)23-20(24-19)18-10-12-21-13-11-18/h3-7,10-15H,8-9H2,1-2H3,(H,22,23,24). The molecule has 0 radical (unpaired) electrons. The molecule has 0 fully saturated rings. The minimum Gasteiger partial charge on any atom is -0.367 e. The second-order valence-electron chi connectivity index (χ2n) is 6.02. The lowest BCUT2D eigenvalue weighted by molar-refractivity contribution is 0.702. The first kappa shape index (κ1) is 16.1. The van der Waals surface area contributed by atoms with Gasteiger partial charge < -0.3 is 5.32 Å². The predicted octanol–water partition coefficient (Wildman–Crippen LogP) is 4.28. The van der Waals surface area contributed by atoms with Crippen LogP contribution in [-0.4, -0.2) is 21.0 Å². The van der Waals surface area contributed by atoms with Crippen molar-refractivity contribution in [1.82, 2.24) is 15.0 Å². The molecule has 4 heteroatoms. The van der Waals surface area contributed by atoms with E-state index in [1.807, 2.05) is 25.1 Å². The molecule has 0 aliphatic carbocycles. The van der Waals surface area contributed by atoms with Crippen molar-refractivity contribution < 1.29 is 0 Å². The largest absolute Gasteiger partial charge is 0.367 e. The lowest BCUT2D eigenvalue weighted by Gasteiger charge is -2.15. The Labute approximate surface area is 143 Å². The summed E-state index contributed by atoms with van der Waals surface area (Å²) in [6, 6.07) is 16.7. The van der Waals surface area contributed by atoms with E-state index in [2.05, 4.69) is 57.5 Å². The van der Waals surface area contributed by atoms with Gasteiger partial charge in [-0.2, -0.15) is 0 Å². The van der Waals surface area contributed by atoms with Crippen molar-refractivity contribution in [2.24, 2.45) is 0 Å². The van der Waals surface area contributed by atoms with Gasteiger partial charge in [0, 0.05) is 35.8 Å². The molecule has 3 aromatic rings. The van der Waals surface area contributed by atoms with Crippen LogP contribution in [0.25, 0.3) is 11.4 Å². The number of benzene rings is 1. The van der Waals surface area contributed by atoms with Crippen molar-refractivity contribution in [1.29, 1.82) is 0 Å². The van der Waals surface area contributed by atoms with Gasteiger partial charge >= 0.3 is 0 Å². The van der Waals surface area contributed by atoms with Crippen molar-refractivity contribution in [2.45, 2.75) is 32.7 Å². The van der Waals surface area contributed by atoms with E-state index >= 15 is 0 Å². The highest BCUT2D eigenvalue weighted by Gasteiger charge is 2.08. The van der Waals surface area contributed by atoms with Crippen molar-refractivity contribution >= 4 is 5.82 Å². The van der Waals surface area contributed by atoms with Crippen LogP contribution in [0, 0.1) is 6.92 Å². The van der Waals surface area contributed by atoms with E-state index in [1.165, 1.54) is 5.56 Å². The summed E-state index contributed by atoms with van der Waals surface area (Å²) >= 11 is 0. The zero-order valence-electron chi connectivity index (χ0n) is 14.1. The smallest absolute Gasteiger partial charge is 0.161 e. The molecule has 0 aliphatic heterocycles. The lowest BCUT2D eigenvalue weighted by Crippen LogP contribution is -2.17. The minimum absolute atomic E-state index is 0.338. The average molecular weight is 318 g/mol. The first-order valence-corrected chi connectivity index (χ1v) is 8.27. The van der Waals surface area contributed by atoms with E-state index in [9.17, 15) is 0 Å². The fraction of sp³-hybridized carbons (Fsp3) is 0.250. The average Bonchev–Trinajstić information content (AvgIpc) is 2.61. The van der Waals surface area contributed by atoms with Crippen LogP contribution in [0.2, 0.25) is 0 Å². The fourth-order valence-electron chi connectivity index (χ4n) is 2.63. The fourth-order valence-corrected chi connectivity index (χ4v) is 2.63. The number of pyridine rings is 1. The summed E-state index contributed by atoms with van der Waals surface area (Å²) in [5.41, 5.74) is 3.30. The Morgan fingerprint density at radius 2 is 1.75 bits per heavy atom. The predicted molar refractivity (Wildman–Crippen MR) is 97.8 cm³/mol. The number of hydrogen-bond donors (Lipinski definition) is 1. The summed E-state index contributed by atoms with van der Waals surface area (Å²) in [6.45, 7) is 4.18. The molecule has 1 N–H and O–H groups in total. The maximum Gasteiger partial charge on any atom is 0.161 e. The Kier molecular flexibility index (Phi) is 5.16. The van der Waals surface area contributed by atoms with Gasteiger partial charge in [0.05, 0.1) is 0 Å². The number of anilines is 1. The van der Waals surface area contributed by atoms with Gasteiger partial charge in [-0.15, -0.1) is 0 Å². The molecular formula is C20H22N4. The Bertz CT molecular complexity index is 772. The van der Waals surface area contributed by atoms with Gasteiger partial charge in [-0.05, 0) is 44.4 Å². The SMILES string of the molecule is Cc1cc(NC(C)CCc2ccccc2)nc(-c2ccncc2)n1. The number of hydrogen-bond acceptors (Lipinski definition) is 4. The molecule has 0 saturated heterocycles. The van der Waals surface area contributed by atoms with Gasteiger partial charge in [0.15, 0.2) is 5.82 Å². The second kappa shape index (κ2) is 7.68. The van der Waals surface area contributed by atoms with E-state index < -0.39 is 0 Å². The first-order valence-electron chi connectivity index (χ1n) is 8.27. The highest BCUT2D eigenvalue weighted by Crippen LogP contribution is 2.18. The molecule has 24 heavy (non-hydrogen) atoms. The molecule has 122 valence electrons. The van der Waals surface area contributed by atoms with Crippen molar-refractivity contribution in [3.8, 4) is 11.4 Å². The number of rotatable bonds is 6. The summed E-state index contributed by atoms with van der Waals surface area (Å²) in [5.74, 6) is 1.60. The number of aromatic nitrogens is 3. The molecule has 0 amide bonds. The van der Waals surface area contributed by atoms with Gasteiger partial charge in [0.1, 0.15) is 5.82 Å². The molecule has 1 aromatic carbocycles. The molecule has 2 aromatic heterocycles. The Morgan fingerprint density at radius 1 is 1.00 bits per heavy atom. The van der Waals surface area contributed by atoms with Gasteiger partial charge in [0.25, 0.3) is 0 Å². The van der Waals surface area contributed by atoms with E-state index in [-0.39, 0.29) is 0 Å². The maximum atomic E-state index is 4.65. The normalized spacial score (nSPS) is 11.9. The molecular weight excluding hydrogens is 296 g/mol. The van der Waals surface area contributed by atoms with Crippen LogP contribution < -0.4 is 5.32 Å². The lowest BCUT2D eigenvalue weighted by atomic mass is 10.1. The highest BCUT2D eigenvalue weighted by molar-refractivity contribution is 5.56.